The first kappa shape index (κ1) is 23.4. The van der Waals surface area contributed by atoms with Crippen LogP contribution in [-0.2, 0) is 9.53 Å². The summed E-state index contributed by atoms with van der Waals surface area (Å²) in [7, 11) is 1.69. The monoisotopic (exact) mass is 505 g/mol. The summed E-state index contributed by atoms with van der Waals surface area (Å²) >= 11 is 6.21. The minimum absolute atomic E-state index is 0.0828. The maximum atomic E-state index is 13.4. The number of rotatable bonds is 5. The highest BCUT2D eigenvalue weighted by Crippen LogP contribution is 2.40. The zero-order valence-electron chi connectivity index (χ0n) is 20.5. The average Bonchev–Trinajstić information content (AvgIpc) is 3.50. The number of amides is 1. The largest absolute Gasteiger partial charge is 0.497 e. The van der Waals surface area contributed by atoms with E-state index in [0.717, 1.165) is 67.1 Å². The fraction of sp³-hybridized carbons (Fsp3) is 0.429. The number of hydrogen-bond acceptors (Lipinski definition) is 5. The van der Waals surface area contributed by atoms with E-state index in [1.807, 2.05) is 17.0 Å². The van der Waals surface area contributed by atoms with Crippen LogP contribution in [0.1, 0.15) is 18.5 Å². The maximum Gasteiger partial charge on any atom is 0.242 e. The van der Waals surface area contributed by atoms with Crippen LogP contribution in [0.4, 0.5) is 0 Å². The van der Waals surface area contributed by atoms with Gasteiger partial charge in [-0.05, 0) is 43.2 Å². The van der Waals surface area contributed by atoms with Crippen LogP contribution >= 0.6 is 11.6 Å². The molecule has 1 N–H and O–H groups in total. The van der Waals surface area contributed by atoms with Crippen LogP contribution in [0.5, 0.6) is 0 Å². The van der Waals surface area contributed by atoms with Gasteiger partial charge in [0.2, 0.25) is 5.91 Å². The number of aromatic nitrogens is 2. The molecule has 2 aliphatic heterocycles. The number of carbonyl (C=O) groups excluding carboxylic acids is 1. The number of carbonyl (C=O) groups is 1. The lowest BCUT2D eigenvalue weighted by Gasteiger charge is -2.40. The highest BCUT2D eigenvalue weighted by Gasteiger charge is 2.37. The van der Waals surface area contributed by atoms with E-state index < -0.39 is 0 Å². The third-order valence-corrected chi connectivity index (χ3v) is 8.25. The van der Waals surface area contributed by atoms with Crippen LogP contribution in [0.2, 0.25) is 0 Å². The second kappa shape index (κ2) is 9.79. The molecule has 0 radical (unpaired) electrons. The number of H-pyrrole nitrogens is 1. The van der Waals surface area contributed by atoms with Crippen molar-refractivity contribution in [1.82, 2.24) is 24.7 Å². The molecule has 1 saturated heterocycles. The van der Waals surface area contributed by atoms with E-state index >= 15 is 0 Å². The van der Waals surface area contributed by atoms with Crippen LogP contribution in [0.25, 0.3) is 16.6 Å². The summed E-state index contributed by atoms with van der Waals surface area (Å²) in [5, 5.41) is 1.24. The van der Waals surface area contributed by atoms with Crippen LogP contribution in [0.3, 0.4) is 0 Å². The zero-order chi connectivity index (χ0) is 24.6. The summed E-state index contributed by atoms with van der Waals surface area (Å²) in [4.78, 5) is 28.0. The molecule has 7 nitrogen and oxygen atoms in total. The maximum absolute atomic E-state index is 13.4. The molecule has 2 aliphatic carbocycles. The highest BCUT2D eigenvalue weighted by molar-refractivity contribution is 6.21. The number of pyridine rings is 1. The van der Waals surface area contributed by atoms with E-state index in [2.05, 4.69) is 62.4 Å². The van der Waals surface area contributed by atoms with Crippen molar-refractivity contribution < 1.29 is 9.53 Å². The lowest BCUT2D eigenvalue weighted by molar-refractivity contribution is -0.134. The Bertz CT molecular complexity index is 1220. The van der Waals surface area contributed by atoms with Crippen LogP contribution < -0.4 is 0 Å². The van der Waals surface area contributed by atoms with Crippen LogP contribution in [-0.4, -0.2) is 87.9 Å². The smallest absolute Gasteiger partial charge is 0.242 e. The Hall–Kier alpha value is -3.03. The van der Waals surface area contributed by atoms with E-state index in [4.69, 9.17) is 16.3 Å². The third-order valence-electron chi connectivity index (χ3n) is 7.89. The second-order valence-corrected chi connectivity index (χ2v) is 10.6. The molecule has 0 aromatic carbocycles. The number of allylic oxidation sites excluding steroid dienone is 2. The zero-order valence-corrected chi connectivity index (χ0v) is 21.3. The van der Waals surface area contributed by atoms with Gasteiger partial charge in [0, 0.05) is 67.2 Å². The summed E-state index contributed by atoms with van der Waals surface area (Å²) < 4.78 is 5.53. The molecule has 4 heterocycles. The number of halogens is 1. The van der Waals surface area contributed by atoms with Crippen molar-refractivity contribution >= 4 is 34.1 Å². The van der Waals surface area contributed by atoms with Gasteiger partial charge in [0.05, 0.1) is 25.1 Å². The first-order valence-electron chi connectivity index (χ1n) is 12.8. The Labute approximate surface area is 216 Å². The van der Waals surface area contributed by atoms with Crippen molar-refractivity contribution in [2.75, 3.05) is 39.8 Å². The van der Waals surface area contributed by atoms with Crippen LogP contribution in [0.15, 0.2) is 66.7 Å². The Balaban J connectivity index is 1.16. The fourth-order valence-corrected chi connectivity index (χ4v) is 6.08. The molecular formula is C28H32ClN5O2. The highest BCUT2D eigenvalue weighted by atomic mass is 35.5. The molecule has 0 bridgehead atoms. The summed E-state index contributed by atoms with van der Waals surface area (Å²) in [6.07, 6.45) is 16.7. The lowest BCUT2D eigenvalue weighted by atomic mass is 9.88. The van der Waals surface area contributed by atoms with Gasteiger partial charge >= 0.3 is 0 Å². The van der Waals surface area contributed by atoms with Gasteiger partial charge in [-0.2, -0.15) is 0 Å². The molecule has 1 fully saturated rings. The summed E-state index contributed by atoms with van der Waals surface area (Å²) in [5.74, 6) is 1.13. The van der Waals surface area contributed by atoms with Crippen molar-refractivity contribution in [1.29, 1.82) is 0 Å². The summed E-state index contributed by atoms with van der Waals surface area (Å²) in [6, 6.07) is 6.68. The van der Waals surface area contributed by atoms with E-state index in [1.54, 1.807) is 13.3 Å². The number of nitrogens with zero attached hydrogens (tertiary/aromatic N) is 4. The van der Waals surface area contributed by atoms with Crippen molar-refractivity contribution in [2.45, 2.75) is 30.3 Å². The predicted octanol–water partition coefficient (Wildman–Crippen LogP) is 3.77. The number of methoxy groups -OCH3 is 1. The van der Waals surface area contributed by atoms with Gasteiger partial charge in [-0.15, -0.1) is 11.6 Å². The molecule has 4 aliphatic rings. The molecule has 6 rings (SSSR count). The number of nitrogens with one attached hydrogen (secondary N) is 1. The summed E-state index contributed by atoms with van der Waals surface area (Å²) in [6.45, 7) is 3.71. The minimum atomic E-state index is 0.0828. The number of aromatic amines is 1. The van der Waals surface area contributed by atoms with Crippen molar-refractivity contribution in [3.8, 4) is 0 Å². The van der Waals surface area contributed by atoms with E-state index in [0.29, 0.717) is 12.6 Å². The molecule has 8 heteroatoms. The molecular weight excluding hydrogens is 474 g/mol. The molecule has 1 amide bonds. The second-order valence-electron chi connectivity index (χ2n) is 9.99. The van der Waals surface area contributed by atoms with Crippen molar-refractivity contribution in [3.05, 3.63) is 72.4 Å². The minimum Gasteiger partial charge on any atom is -0.497 e. The Morgan fingerprint density at radius 3 is 2.81 bits per heavy atom. The van der Waals surface area contributed by atoms with Gasteiger partial charge in [0.15, 0.2) is 0 Å². The average molecular weight is 506 g/mol. The fourth-order valence-electron chi connectivity index (χ4n) is 5.87. The molecule has 2 aromatic rings. The van der Waals surface area contributed by atoms with Gasteiger partial charge in [-0.25, -0.2) is 4.98 Å². The lowest BCUT2D eigenvalue weighted by Crippen LogP contribution is -2.53. The molecule has 2 aromatic heterocycles. The first-order valence-corrected chi connectivity index (χ1v) is 13.2. The number of ether oxygens (including phenoxy) is 1. The van der Waals surface area contributed by atoms with Gasteiger partial charge in [-0.3, -0.25) is 9.69 Å². The van der Waals surface area contributed by atoms with E-state index in [1.165, 1.54) is 0 Å². The van der Waals surface area contributed by atoms with Gasteiger partial charge in [-0.1, -0.05) is 18.2 Å². The molecule has 0 saturated carbocycles. The summed E-state index contributed by atoms with van der Waals surface area (Å²) in [5.41, 5.74) is 3.05. The van der Waals surface area contributed by atoms with Gasteiger partial charge in [0.1, 0.15) is 11.4 Å². The molecule has 36 heavy (non-hydrogen) atoms. The molecule has 4 atom stereocenters. The third kappa shape index (κ3) is 4.46. The van der Waals surface area contributed by atoms with Crippen LogP contribution in [0, 0.1) is 5.92 Å². The van der Waals surface area contributed by atoms with Gasteiger partial charge < -0.3 is 19.5 Å². The van der Waals surface area contributed by atoms with Gasteiger partial charge in [0.25, 0.3) is 0 Å². The number of alkyl halides is 1. The normalized spacial score (nSPS) is 28.3. The molecule has 4 unspecified atom stereocenters. The number of piperazine rings is 1. The molecule has 0 spiro atoms. The number of hydrogen-bond donors (Lipinski definition) is 1. The standard InChI is InChI=1S/C28H32ClN5O2/c1-36-22-8-9-26-23(16-22)24(25-15-19-3-2-10-30-28(19)31-25)17-34(26)18-27(35)33-13-11-32(12-14-33)21-6-4-20(29)5-7-21/h2-4,6,8-10,15-17,20-21,23,26H,5,7,11-14,18H2,1H3,(H,30,31). The Kier molecular flexibility index (Phi) is 6.36. The molecule has 188 valence electrons. The van der Waals surface area contributed by atoms with Crippen molar-refractivity contribution in [3.63, 3.8) is 0 Å². The predicted molar refractivity (Wildman–Crippen MR) is 142 cm³/mol. The quantitative estimate of drug-likeness (QED) is 0.495. The Morgan fingerprint density at radius 1 is 1.19 bits per heavy atom. The van der Waals surface area contributed by atoms with E-state index in [9.17, 15) is 4.79 Å². The first-order chi connectivity index (χ1) is 17.6. The number of fused-ring (bicyclic) bond motifs is 2. The Morgan fingerprint density at radius 2 is 2.06 bits per heavy atom. The SMILES string of the molecule is COC1=CC2C(c3cc4cccnc4[nH]3)=CN(CC(=O)N3CCN(C4C=CC(Cl)CC4)CC3)C2C=C1. The van der Waals surface area contributed by atoms with Crippen molar-refractivity contribution in [2.24, 2.45) is 5.92 Å². The van der Waals surface area contributed by atoms with E-state index in [-0.39, 0.29) is 23.2 Å². The topological polar surface area (TPSA) is 64.7 Å².